The molecule has 4 rings (SSSR count). The van der Waals surface area contributed by atoms with Gasteiger partial charge in [-0.3, -0.25) is 4.79 Å². The van der Waals surface area contributed by atoms with Crippen LogP contribution in [0.1, 0.15) is 37.7 Å². The first-order valence-electron chi connectivity index (χ1n) is 11.3. The van der Waals surface area contributed by atoms with Gasteiger partial charge in [-0.2, -0.15) is 0 Å². The van der Waals surface area contributed by atoms with Crippen LogP contribution in [0.5, 0.6) is 0 Å². The molecule has 1 aromatic carbocycles. The van der Waals surface area contributed by atoms with Crippen molar-refractivity contribution >= 4 is 17.7 Å². The molecule has 32 heavy (non-hydrogen) atoms. The Morgan fingerprint density at radius 2 is 1.94 bits per heavy atom. The average Bonchev–Trinajstić information content (AvgIpc) is 3.45. The van der Waals surface area contributed by atoms with Gasteiger partial charge in [0.15, 0.2) is 18.2 Å². The summed E-state index contributed by atoms with van der Waals surface area (Å²) in [5.74, 6) is -0.397. The first kappa shape index (κ1) is 22.4. The fraction of sp³-hybridized carbons (Fsp3) is 0.500. The highest BCUT2D eigenvalue weighted by molar-refractivity contribution is 5.90. The number of anilines is 1. The number of benzene rings is 1. The molecule has 8 heteroatoms. The van der Waals surface area contributed by atoms with Gasteiger partial charge in [-0.05, 0) is 24.5 Å². The standard InChI is InChI=1S/C24H30N4O4/c1-28(16-22(29)27-21-11-13-25-17-26-21)14-12-20(15-28)32-23(30)24(31,19-9-5-6-10-19)18-7-3-2-4-8-18/h2-4,7-8,11,13,17,19-20,31H,5-6,9-10,12,14-16H2,1H3/p+1/t20-,24?,28?/m1/s1. The van der Waals surface area contributed by atoms with Crippen LogP contribution in [0.4, 0.5) is 5.82 Å². The molecule has 1 aromatic heterocycles. The lowest BCUT2D eigenvalue weighted by molar-refractivity contribution is -0.890. The molecule has 1 saturated heterocycles. The summed E-state index contributed by atoms with van der Waals surface area (Å²) in [4.78, 5) is 33.7. The van der Waals surface area contributed by atoms with Crippen LogP contribution in [0.15, 0.2) is 48.9 Å². The molecule has 0 bridgehead atoms. The Kier molecular flexibility index (Phi) is 6.53. The average molecular weight is 440 g/mol. The Morgan fingerprint density at radius 1 is 1.19 bits per heavy atom. The van der Waals surface area contributed by atoms with Crippen LogP contribution in [-0.4, -0.2) is 64.2 Å². The number of hydrogen-bond donors (Lipinski definition) is 2. The molecule has 3 atom stereocenters. The summed E-state index contributed by atoms with van der Waals surface area (Å²) in [7, 11) is 1.98. The monoisotopic (exact) mass is 439 g/mol. The molecule has 170 valence electrons. The smallest absolute Gasteiger partial charge is 0.343 e. The molecule has 1 amide bonds. The van der Waals surface area contributed by atoms with Crippen LogP contribution >= 0.6 is 0 Å². The molecule has 2 unspecified atom stereocenters. The van der Waals surface area contributed by atoms with Crippen molar-refractivity contribution in [2.45, 2.75) is 43.8 Å². The number of quaternary nitrogens is 1. The third-order valence-corrected chi connectivity index (χ3v) is 6.75. The molecule has 2 fully saturated rings. The number of likely N-dealkylation sites (tertiary alicyclic amines) is 1. The maximum atomic E-state index is 13.3. The molecule has 0 radical (unpaired) electrons. The second-order valence-corrected chi connectivity index (χ2v) is 9.26. The SMILES string of the molecule is C[N+]1(CC(=O)Nc2ccncn2)CC[C@@H](OC(=O)C(O)(c2ccccc2)C2CCCC2)C1. The van der Waals surface area contributed by atoms with Crippen LogP contribution in [0.2, 0.25) is 0 Å². The zero-order valence-electron chi connectivity index (χ0n) is 18.4. The van der Waals surface area contributed by atoms with E-state index in [4.69, 9.17) is 4.74 Å². The maximum Gasteiger partial charge on any atom is 0.343 e. The van der Waals surface area contributed by atoms with Crippen molar-refractivity contribution in [1.29, 1.82) is 0 Å². The quantitative estimate of drug-likeness (QED) is 0.507. The molecule has 1 aliphatic carbocycles. The minimum absolute atomic E-state index is 0.140. The number of aromatic nitrogens is 2. The minimum Gasteiger partial charge on any atom is -0.454 e. The highest BCUT2D eigenvalue weighted by Crippen LogP contribution is 2.42. The zero-order chi connectivity index (χ0) is 22.6. The number of nitrogens with one attached hydrogen (secondary N) is 1. The van der Waals surface area contributed by atoms with E-state index in [1.54, 1.807) is 24.4 Å². The molecule has 2 heterocycles. The van der Waals surface area contributed by atoms with Crippen LogP contribution in [-0.2, 0) is 19.9 Å². The molecule has 2 aromatic rings. The van der Waals surface area contributed by atoms with Crippen molar-refractivity contribution in [2.75, 3.05) is 32.0 Å². The van der Waals surface area contributed by atoms with Crippen molar-refractivity contribution in [3.8, 4) is 0 Å². The normalized spacial score (nSPS) is 25.2. The second kappa shape index (κ2) is 9.34. The predicted molar refractivity (Wildman–Crippen MR) is 118 cm³/mol. The lowest BCUT2D eigenvalue weighted by Crippen LogP contribution is -2.49. The van der Waals surface area contributed by atoms with Crippen LogP contribution in [0.3, 0.4) is 0 Å². The largest absolute Gasteiger partial charge is 0.454 e. The third kappa shape index (κ3) is 4.81. The van der Waals surface area contributed by atoms with E-state index >= 15 is 0 Å². The summed E-state index contributed by atoms with van der Waals surface area (Å²) in [6, 6.07) is 10.8. The molecule has 1 saturated carbocycles. The van der Waals surface area contributed by atoms with Gasteiger partial charge in [0.25, 0.3) is 5.91 Å². The number of likely N-dealkylation sites (N-methyl/N-ethyl adjacent to an activating group) is 1. The Hall–Kier alpha value is -2.84. The summed E-state index contributed by atoms with van der Waals surface area (Å²) in [6.07, 6.45) is 6.90. The van der Waals surface area contributed by atoms with Crippen molar-refractivity contribution < 1.29 is 23.9 Å². The molecule has 0 spiro atoms. The van der Waals surface area contributed by atoms with Gasteiger partial charge in [-0.1, -0.05) is 43.2 Å². The van der Waals surface area contributed by atoms with E-state index in [9.17, 15) is 14.7 Å². The fourth-order valence-electron chi connectivity index (χ4n) is 5.06. The summed E-state index contributed by atoms with van der Waals surface area (Å²) in [5, 5.41) is 14.4. The number of nitrogens with zero attached hydrogens (tertiary/aromatic N) is 3. The number of carbonyl (C=O) groups is 2. The van der Waals surface area contributed by atoms with Gasteiger partial charge in [0.1, 0.15) is 18.7 Å². The molecule has 8 nitrogen and oxygen atoms in total. The number of aliphatic hydroxyl groups is 1. The lowest BCUT2D eigenvalue weighted by Gasteiger charge is -2.33. The first-order valence-corrected chi connectivity index (χ1v) is 11.3. The summed E-state index contributed by atoms with van der Waals surface area (Å²) >= 11 is 0. The Morgan fingerprint density at radius 3 is 2.62 bits per heavy atom. The number of esters is 1. The summed E-state index contributed by atoms with van der Waals surface area (Å²) in [6.45, 7) is 1.49. The van der Waals surface area contributed by atoms with E-state index < -0.39 is 11.6 Å². The van der Waals surface area contributed by atoms with Crippen molar-refractivity contribution in [1.82, 2.24) is 9.97 Å². The topological polar surface area (TPSA) is 101 Å². The van der Waals surface area contributed by atoms with Crippen molar-refractivity contribution in [2.24, 2.45) is 5.92 Å². The van der Waals surface area contributed by atoms with E-state index in [0.717, 1.165) is 25.7 Å². The summed E-state index contributed by atoms with van der Waals surface area (Å²) < 4.78 is 6.34. The summed E-state index contributed by atoms with van der Waals surface area (Å²) in [5.41, 5.74) is -1.04. The maximum absolute atomic E-state index is 13.3. The van der Waals surface area contributed by atoms with Gasteiger partial charge in [0.05, 0.1) is 13.6 Å². The van der Waals surface area contributed by atoms with E-state index in [-0.39, 0.29) is 24.5 Å². The number of carbonyl (C=O) groups excluding carboxylic acids is 2. The number of amides is 1. The lowest BCUT2D eigenvalue weighted by atomic mass is 9.80. The highest BCUT2D eigenvalue weighted by atomic mass is 16.6. The van der Waals surface area contributed by atoms with Crippen LogP contribution in [0.25, 0.3) is 0 Å². The van der Waals surface area contributed by atoms with Gasteiger partial charge >= 0.3 is 5.97 Å². The Balaban J connectivity index is 1.40. The van der Waals surface area contributed by atoms with Crippen LogP contribution < -0.4 is 5.32 Å². The van der Waals surface area contributed by atoms with E-state index in [2.05, 4.69) is 15.3 Å². The molecular weight excluding hydrogens is 408 g/mol. The van der Waals surface area contributed by atoms with E-state index in [1.807, 2.05) is 25.2 Å². The minimum atomic E-state index is -1.63. The molecule has 2 aliphatic rings. The Bertz CT molecular complexity index is 936. The van der Waals surface area contributed by atoms with Gasteiger partial charge in [0.2, 0.25) is 0 Å². The van der Waals surface area contributed by atoms with E-state index in [1.165, 1.54) is 6.33 Å². The van der Waals surface area contributed by atoms with Gasteiger partial charge in [-0.15, -0.1) is 0 Å². The number of hydrogen-bond acceptors (Lipinski definition) is 6. The molecule has 1 aliphatic heterocycles. The van der Waals surface area contributed by atoms with Crippen molar-refractivity contribution in [3.05, 3.63) is 54.5 Å². The van der Waals surface area contributed by atoms with Gasteiger partial charge in [0, 0.05) is 18.5 Å². The molecule has 2 N–H and O–H groups in total. The van der Waals surface area contributed by atoms with Crippen LogP contribution in [0, 0.1) is 5.92 Å². The van der Waals surface area contributed by atoms with Gasteiger partial charge in [-0.25, -0.2) is 14.8 Å². The molecular formula is C24H31N4O4+. The first-order chi connectivity index (χ1) is 15.4. The fourth-order valence-corrected chi connectivity index (χ4v) is 5.06. The number of ether oxygens (including phenoxy) is 1. The third-order valence-electron chi connectivity index (χ3n) is 6.75. The number of rotatable bonds is 7. The van der Waals surface area contributed by atoms with E-state index in [0.29, 0.717) is 35.4 Å². The van der Waals surface area contributed by atoms with Gasteiger partial charge < -0.3 is 19.6 Å². The second-order valence-electron chi connectivity index (χ2n) is 9.26. The predicted octanol–water partition coefficient (Wildman–Crippen LogP) is 2.26. The highest BCUT2D eigenvalue weighted by Gasteiger charge is 2.49. The Labute approximate surface area is 188 Å². The zero-order valence-corrected chi connectivity index (χ0v) is 18.4. The van der Waals surface area contributed by atoms with Crippen molar-refractivity contribution in [3.63, 3.8) is 0 Å².